The quantitative estimate of drug-likeness (QED) is 0.285. The third-order valence-corrected chi connectivity index (χ3v) is 5.68. The number of rotatable bonds is 7. The summed E-state index contributed by atoms with van der Waals surface area (Å²) in [4.78, 5) is 27.5. The predicted molar refractivity (Wildman–Crippen MR) is 119 cm³/mol. The van der Waals surface area contributed by atoms with E-state index in [-0.39, 0.29) is 16.7 Å². The standard InChI is InChI=1S/C25H31NO5/c1-6-7-8-13-26-21(19-10-9-14-31-19)20(23(28)24(26)29)22(27)17-15-16(25(2,3)4)11-12-18(17)30-5/h9-12,14-15,21,27H,6-8,13H2,1-5H3/b22-20+. The van der Waals surface area contributed by atoms with Gasteiger partial charge in [-0.3, -0.25) is 9.59 Å². The van der Waals surface area contributed by atoms with Crippen LogP contribution in [0.25, 0.3) is 5.76 Å². The number of unbranched alkanes of at least 4 members (excludes halogenated alkanes) is 2. The van der Waals surface area contributed by atoms with E-state index >= 15 is 0 Å². The fraction of sp³-hybridized carbons (Fsp3) is 0.440. The van der Waals surface area contributed by atoms with Crippen molar-refractivity contribution in [2.24, 2.45) is 0 Å². The number of hydrogen-bond donors (Lipinski definition) is 1. The monoisotopic (exact) mass is 425 g/mol. The molecular weight excluding hydrogens is 394 g/mol. The van der Waals surface area contributed by atoms with Crippen molar-refractivity contribution in [1.82, 2.24) is 4.90 Å². The molecule has 0 radical (unpaired) electrons. The molecule has 1 aromatic carbocycles. The lowest BCUT2D eigenvalue weighted by Crippen LogP contribution is -2.30. The maximum atomic E-state index is 13.1. The number of hydrogen-bond acceptors (Lipinski definition) is 5. The lowest BCUT2D eigenvalue weighted by Gasteiger charge is -2.24. The van der Waals surface area contributed by atoms with Gasteiger partial charge in [0, 0.05) is 6.54 Å². The highest BCUT2D eigenvalue weighted by Gasteiger charge is 2.47. The van der Waals surface area contributed by atoms with Crippen LogP contribution in [0, 0.1) is 0 Å². The molecule has 1 aliphatic heterocycles. The first-order valence-electron chi connectivity index (χ1n) is 10.7. The Morgan fingerprint density at radius 3 is 2.52 bits per heavy atom. The molecule has 2 heterocycles. The zero-order chi connectivity index (χ0) is 22.8. The van der Waals surface area contributed by atoms with Crippen molar-refractivity contribution < 1.29 is 23.8 Å². The van der Waals surface area contributed by atoms with Gasteiger partial charge in [-0.05, 0) is 41.7 Å². The Balaban J connectivity index is 2.18. The lowest BCUT2D eigenvalue weighted by molar-refractivity contribution is -0.140. The maximum absolute atomic E-state index is 13.1. The van der Waals surface area contributed by atoms with Crippen molar-refractivity contribution in [2.75, 3.05) is 13.7 Å². The minimum Gasteiger partial charge on any atom is -0.507 e. The molecule has 0 spiro atoms. The molecular formula is C25H31NO5. The Bertz CT molecular complexity index is 982. The molecule has 2 aromatic rings. The second kappa shape index (κ2) is 9.00. The number of likely N-dealkylation sites (tertiary alicyclic amines) is 1. The Kier molecular flexibility index (Phi) is 6.58. The Morgan fingerprint density at radius 1 is 1.19 bits per heavy atom. The number of ketones is 1. The Morgan fingerprint density at radius 2 is 1.94 bits per heavy atom. The van der Waals surface area contributed by atoms with E-state index in [1.54, 1.807) is 18.2 Å². The zero-order valence-corrected chi connectivity index (χ0v) is 18.9. The third-order valence-electron chi connectivity index (χ3n) is 5.68. The van der Waals surface area contributed by atoms with Crippen LogP contribution in [0.5, 0.6) is 5.75 Å². The van der Waals surface area contributed by atoms with Crippen LogP contribution in [0.1, 0.15) is 69.9 Å². The Hall–Kier alpha value is -3.02. The summed E-state index contributed by atoms with van der Waals surface area (Å²) in [5.74, 6) is -0.701. The molecule has 1 amide bonds. The van der Waals surface area contributed by atoms with E-state index in [0.717, 1.165) is 24.8 Å². The van der Waals surface area contributed by atoms with Gasteiger partial charge < -0.3 is 19.2 Å². The summed E-state index contributed by atoms with van der Waals surface area (Å²) in [6, 6.07) is 8.19. The summed E-state index contributed by atoms with van der Waals surface area (Å²) >= 11 is 0. The van der Waals surface area contributed by atoms with Crippen LogP contribution in [0.15, 0.2) is 46.6 Å². The number of carbonyl (C=O) groups excluding carboxylic acids is 2. The molecule has 166 valence electrons. The summed E-state index contributed by atoms with van der Waals surface area (Å²) in [7, 11) is 1.51. The number of ether oxygens (including phenoxy) is 1. The van der Waals surface area contributed by atoms with Crippen molar-refractivity contribution in [3.63, 3.8) is 0 Å². The number of carbonyl (C=O) groups is 2. The highest BCUT2D eigenvalue weighted by Crippen LogP contribution is 2.42. The minimum atomic E-state index is -0.769. The first-order valence-corrected chi connectivity index (χ1v) is 10.7. The third kappa shape index (κ3) is 4.38. The van der Waals surface area contributed by atoms with E-state index in [2.05, 4.69) is 27.7 Å². The van der Waals surface area contributed by atoms with Crippen LogP contribution >= 0.6 is 0 Å². The summed E-state index contributed by atoms with van der Waals surface area (Å²) in [5.41, 5.74) is 1.22. The van der Waals surface area contributed by atoms with Crippen molar-refractivity contribution in [2.45, 2.75) is 58.4 Å². The van der Waals surface area contributed by atoms with E-state index in [0.29, 0.717) is 23.6 Å². The number of amides is 1. The number of Topliss-reactive ketones (excluding diaryl/α,β-unsaturated/α-hetero) is 1. The Labute approximate surface area is 183 Å². The summed E-state index contributed by atoms with van der Waals surface area (Å²) < 4.78 is 11.0. The number of benzene rings is 1. The predicted octanol–water partition coefficient (Wildman–Crippen LogP) is 5.20. The first kappa shape index (κ1) is 22.7. The molecule has 1 saturated heterocycles. The average Bonchev–Trinajstić information content (AvgIpc) is 3.34. The second-order valence-electron chi connectivity index (χ2n) is 8.88. The van der Waals surface area contributed by atoms with Gasteiger partial charge in [-0.25, -0.2) is 0 Å². The molecule has 0 saturated carbocycles. The van der Waals surface area contributed by atoms with Crippen LogP contribution < -0.4 is 4.74 Å². The molecule has 0 aliphatic carbocycles. The van der Waals surface area contributed by atoms with E-state index in [4.69, 9.17) is 9.15 Å². The van der Waals surface area contributed by atoms with Gasteiger partial charge in [0.25, 0.3) is 11.7 Å². The smallest absolute Gasteiger partial charge is 0.295 e. The van der Waals surface area contributed by atoms with Crippen molar-refractivity contribution in [3.05, 3.63) is 59.1 Å². The van der Waals surface area contributed by atoms with Gasteiger partial charge in [-0.1, -0.05) is 46.6 Å². The molecule has 3 rings (SSSR count). The van der Waals surface area contributed by atoms with Gasteiger partial charge in [0.2, 0.25) is 0 Å². The second-order valence-corrected chi connectivity index (χ2v) is 8.88. The summed E-state index contributed by atoms with van der Waals surface area (Å²) in [6.45, 7) is 8.68. The van der Waals surface area contributed by atoms with Crippen LogP contribution in [-0.4, -0.2) is 35.4 Å². The highest BCUT2D eigenvalue weighted by molar-refractivity contribution is 6.46. The normalized spacial score (nSPS) is 18.6. The molecule has 1 unspecified atom stereocenters. The van der Waals surface area contributed by atoms with Gasteiger partial charge in [-0.2, -0.15) is 0 Å². The van der Waals surface area contributed by atoms with E-state index in [1.807, 2.05) is 12.1 Å². The van der Waals surface area contributed by atoms with Gasteiger partial charge in [0.15, 0.2) is 0 Å². The van der Waals surface area contributed by atoms with Gasteiger partial charge in [0.05, 0.1) is 24.5 Å². The van der Waals surface area contributed by atoms with E-state index in [9.17, 15) is 14.7 Å². The van der Waals surface area contributed by atoms with Gasteiger partial charge in [0.1, 0.15) is 23.3 Å². The average molecular weight is 426 g/mol. The van der Waals surface area contributed by atoms with Gasteiger partial charge >= 0.3 is 0 Å². The van der Waals surface area contributed by atoms with Crippen LogP contribution in [0.4, 0.5) is 0 Å². The molecule has 1 aromatic heterocycles. The molecule has 1 N–H and O–H groups in total. The first-order chi connectivity index (χ1) is 14.7. The lowest BCUT2D eigenvalue weighted by atomic mass is 9.85. The topological polar surface area (TPSA) is 80.0 Å². The fourth-order valence-corrected chi connectivity index (χ4v) is 3.89. The number of furan rings is 1. The van der Waals surface area contributed by atoms with Crippen LogP contribution in [0.3, 0.4) is 0 Å². The van der Waals surface area contributed by atoms with Crippen LogP contribution in [0.2, 0.25) is 0 Å². The summed E-state index contributed by atoms with van der Waals surface area (Å²) in [5, 5.41) is 11.3. The van der Waals surface area contributed by atoms with E-state index in [1.165, 1.54) is 18.3 Å². The minimum absolute atomic E-state index is 0.0285. The molecule has 6 heteroatoms. The van der Waals surface area contributed by atoms with Crippen molar-refractivity contribution in [3.8, 4) is 5.75 Å². The molecule has 0 bridgehead atoms. The maximum Gasteiger partial charge on any atom is 0.295 e. The molecule has 1 aliphatic rings. The van der Waals surface area contributed by atoms with Gasteiger partial charge in [-0.15, -0.1) is 0 Å². The number of aliphatic hydroxyl groups is 1. The van der Waals surface area contributed by atoms with Crippen LogP contribution in [-0.2, 0) is 15.0 Å². The van der Waals surface area contributed by atoms with E-state index < -0.39 is 17.7 Å². The molecule has 31 heavy (non-hydrogen) atoms. The van der Waals surface area contributed by atoms with Crippen molar-refractivity contribution in [1.29, 1.82) is 0 Å². The molecule has 6 nitrogen and oxygen atoms in total. The molecule has 1 fully saturated rings. The largest absolute Gasteiger partial charge is 0.507 e. The highest BCUT2D eigenvalue weighted by atomic mass is 16.5. The summed E-state index contributed by atoms with van der Waals surface area (Å²) in [6.07, 6.45) is 4.20. The van der Waals surface area contributed by atoms with Crippen molar-refractivity contribution >= 4 is 17.4 Å². The number of nitrogens with zero attached hydrogens (tertiary/aromatic N) is 1. The SMILES string of the molecule is CCCCCN1C(=O)C(=O)/C(=C(/O)c2cc(C(C)(C)C)ccc2OC)C1c1ccco1. The zero-order valence-electron chi connectivity index (χ0n) is 18.9. The fourth-order valence-electron chi connectivity index (χ4n) is 3.89. The number of methoxy groups -OCH3 is 1. The number of aliphatic hydroxyl groups excluding tert-OH is 1. The molecule has 1 atom stereocenters.